The van der Waals surface area contributed by atoms with E-state index < -0.39 is 16.0 Å². The fourth-order valence-electron chi connectivity index (χ4n) is 3.50. The minimum Gasteiger partial charge on any atom is -0.465 e. The normalized spacial score (nSPS) is 11.0. The van der Waals surface area contributed by atoms with E-state index in [2.05, 4.69) is 15.4 Å². The molecule has 0 aliphatic carbocycles. The molecule has 1 aromatic heterocycles. The minimum absolute atomic E-state index is 0.190. The number of methoxy groups -OCH3 is 1. The monoisotopic (exact) mass is 551 g/mol. The van der Waals surface area contributed by atoms with Crippen LogP contribution >= 0.6 is 23.6 Å². The Hall–Kier alpha value is -3.73. The van der Waals surface area contributed by atoms with Gasteiger partial charge in [-0.15, -0.1) is 11.3 Å². The summed E-state index contributed by atoms with van der Waals surface area (Å²) in [6.45, 7) is 1.90. The molecule has 0 saturated heterocycles. The van der Waals surface area contributed by atoms with E-state index in [9.17, 15) is 13.2 Å². The molecule has 0 aliphatic rings. The molecular formula is C27H25N3O4S3. The third-order valence-corrected chi connectivity index (χ3v) is 8.01. The molecule has 190 valence electrons. The van der Waals surface area contributed by atoms with E-state index in [0.29, 0.717) is 28.4 Å². The van der Waals surface area contributed by atoms with Crippen molar-refractivity contribution in [2.24, 2.45) is 0 Å². The SMILES string of the molecule is COC(=O)c1cc(Cc2ccccc2)sc1NC(=S)Nc1ccc(NS(=O)(=O)c2ccc(C)cc2)cc1. The Morgan fingerprint density at radius 2 is 1.57 bits per heavy atom. The zero-order valence-corrected chi connectivity index (χ0v) is 22.6. The smallest absolute Gasteiger partial charge is 0.340 e. The Kier molecular flexibility index (Phi) is 8.22. The second-order valence-corrected chi connectivity index (χ2v) is 11.4. The number of hydrogen-bond donors (Lipinski definition) is 3. The van der Waals surface area contributed by atoms with Crippen molar-refractivity contribution in [3.63, 3.8) is 0 Å². The minimum atomic E-state index is -3.69. The van der Waals surface area contributed by atoms with E-state index in [1.807, 2.05) is 43.3 Å². The van der Waals surface area contributed by atoms with Crippen LogP contribution < -0.4 is 15.4 Å². The number of esters is 1. The van der Waals surface area contributed by atoms with Crippen LogP contribution in [0.4, 0.5) is 16.4 Å². The van der Waals surface area contributed by atoms with Gasteiger partial charge >= 0.3 is 5.97 Å². The first-order valence-electron chi connectivity index (χ1n) is 11.3. The molecular weight excluding hydrogens is 527 g/mol. The fraction of sp³-hybridized carbons (Fsp3) is 0.111. The summed E-state index contributed by atoms with van der Waals surface area (Å²) in [4.78, 5) is 13.5. The van der Waals surface area contributed by atoms with Crippen molar-refractivity contribution in [1.82, 2.24) is 0 Å². The summed E-state index contributed by atoms with van der Waals surface area (Å²) in [6, 6.07) is 25.1. The van der Waals surface area contributed by atoms with E-state index in [1.54, 1.807) is 48.5 Å². The number of carbonyl (C=O) groups excluding carboxylic acids is 1. The van der Waals surface area contributed by atoms with E-state index in [1.165, 1.54) is 18.4 Å². The van der Waals surface area contributed by atoms with Gasteiger partial charge in [-0.25, -0.2) is 13.2 Å². The molecule has 0 radical (unpaired) electrons. The van der Waals surface area contributed by atoms with Crippen LogP contribution in [0.3, 0.4) is 0 Å². The molecule has 0 saturated carbocycles. The quantitative estimate of drug-likeness (QED) is 0.181. The Balaban J connectivity index is 1.42. The number of anilines is 3. The Morgan fingerprint density at radius 3 is 2.22 bits per heavy atom. The van der Waals surface area contributed by atoms with Gasteiger partial charge in [-0.3, -0.25) is 4.72 Å². The van der Waals surface area contributed by atoms with Crippen LogP contribution in [-0.2, 0) is 21.2 Å². The fourth-order valence-corrected chi connectivity index (χ4v) is 5.93. The summed E-state index contributed by atoms with van der Waals surface area (Å²) in [5.74, 6) is -0.453. The largest absolute Gasteiger partial charge is 0.465 e. The van der Waals surface area contributed by atoms with Crippen LogP contribution in [0.25, 0.3) is 0 Å². The van der Waals surface area contributed by atoms with E-state index in [-0.39, 0.29) is 10.0 Å². The van der Waals surface area contributed by atoms with E-state index in [0.717, 1.165) is 16.0 Å². The summed E-state index contributed by atoms with van der Waals surface area (Å²) < 4.78 is 32.7. The number of sulfonamides is 1. The number of benzene rings is 3. The molecule has 3 aromatic carbocycles. The maximum absolute atomic E-state index is 12.6. The summed E-state index contributed by atoms with van der Waals surface area (Å²) in [7, 11) is -2.35. The summed E-state index contributed by atoms with van der Waals surface area (Å²) in [6.07, 6.45) is 0.678. The van der Waals surface area contributed by atoms with Crippen LogP contribution in [0.2, 0.25) is 0 Å². The first-order valence-corrected chi connectivity index (χ1v) is 14.0. The van der Waals surface area contributed by atoms with Crippen LogP contribution in [0.5, 0.6) is 0 Å². The predicted molar refractivity (Wildman–Crippen MR) is 153 cm³/mol. The number of hydrogen-bond acceptors (Lipinski definition) is 6. The molecule has 10 heteroatoms. The zero-order valence-electron chi connectivity index (χ0n) is 20.1. The van der Waals surface area contributed by atoms with Gasteiger partial charge in [-0.2, -0.15) is 0 Å². The second kappa shape index (κ2) is 11.5. The van der Waals surface area contributed by atoms with Crippen molar-refractivity contribution >= 4 is 61.0 Å². The standard InChI is InChI=1S/C27H25N3O4S3/c1-18-8-14-23(15-9-18)37(32,33)30-21-12-10-20(11-13-21)28-27(35)29-25-24(26(31)34-2)17-22(36-25)16-19-6-4-3-5-7-19/h3-15,17,30H,16H2,1-2H3,(H2,28,29,35). The Bertz CT molecular complexity index is 1500. The highest BCUT2D eigenvalue weighted by atomic mass is 32.2. The van der Waals surface area contributed by atoms with Crippen molar-refractivity contribution in [1.29, 1.82) is 0 Å². The molecule has 0 bridgehead atoms. The van der Waals surface area contributed by atoms with Crippen molar-refractivity contribution in [2.45, 2.75) is 18.2 Å². The molecule has 4 rings (SSSR count). The highest BCUT2D eigenvalue weighted by molar-refractivity contribution is 7.92. The van der Waals surface area contributed by atoms with Crippen molar-refractivity contribution in [3.8, 4) is 0 Å². The van der Waals surface area contributed by atoms with Gasteiger partial charge < -0.3 is 15.4 Å². The highest BCUT2D eigenvalue weighted by Crippen LogP contribution is 2.31. The average Bonchev–Trinajstić information content (AvgIpc) is 3.27. The number of thiocarbonyl (C=S) groups is 1. The van der Waals surface area contributed by atoms with Crippen molar-refractivity contribution < 1.29 is 17.9 Å². The number of aryl methyl sites for hydroxylation is 1. The van der Waals surface area contributed by atoms with Gasteiger partial charge in [0.05, 0.1) is 17.6 Å². The van der Waals surface area contributed by atoms with Crippen LogP contribution in [0.15, 0.2) is 89.8 Å². The average molecular weight is 552 g/mol. The number of rotatable bonds is 8. The summed E-state index contributed by atoms with van der Waals surface area (Å²) in [5.41, 5.74) is 3.58. The maximum Gasteiger partial charge on any atom is 0.340 e. The lowest BCUT2D eigenvalue weighted by Crippen LogP contribution is -2.20. The molecule has 0 fully saturated rings. The number of thiophene rings is 1. The lowest BCUT2D eigenvalue weighted by Gasteiger charge is -2.12. The lowest BCUT2D eigenvalue weighted by atomic mass is 10.1. The Morgan fingerprint density at radius 1 is 0.919 bits per heavy atom. The molecule has 3 N–H and O–H groups in total. The van der Waals surface area contributed by atoms with Crippen LogP contribution in [0, 0.1) is 6.92 Å². The maximum atomic E-state index is 12.6. The number of nitrogens with one attached hydrogen (secondary N) is 3. The number of carbonyl (C=O) groups is 1. The molecule has 0 atom stereocenters. The molecule has 4 aromatic rings. The van der Waals surface area contributed by atoms with Gasteiger partial charge in [0.2, 0.25) is 0 Å². The molecule has 0 aliphatic heterocycles. The van der Waals surface area contributed by atoms with Gasteiger partial charge in [0, 0.05) is 22.7 Å². The van der Waals surface area contributed by atoms with Gasteiger partial charge in [0.25, 0.3) is 10.0 Å². The summed E-state index contributed by atoms with van der Waals surface area (Å²) in [5, 5.41) is 7.01. The lowest BCUT2D eigenvalue weighted by molar-refractivity contribution is 0.0602. The third-order valence-electron chi connectivity index (χ3n) is 5.36. The first-order chi connectivity index (χ1) is 17.7. The van der Waals surface area contributed by atoms with Gasteiger partial charge in [-0.05, 0) is 67.2 Å². The molecule has 1 heterocycles. The van der Waals surface area contributed by atoms with Crippen LogP contribution in [-0.4, -0.2) is 26.6 Å². The predicted octanol–water partition coefficient (Wildman–Crippen LogP) is 6.04. The highest BCUT2D eigenvalue weighted by Gasteiger charge is 2.18. The van der Waals surface area contributed by atoms with E-state index in [4.69, 9.17) is 17.0 Å². The molecule has 0 amide bonds. The van der Waals surface area contributed by atoms with Crippen LogP contribution in [0.1, 0.15) is 26.4 Å². The van der Waals surface area contributed by atoms with Crippen molar-refractivity contribution in [3.05, 3.63) is 106 Å². The summed E-state index contributed by atoms with van der Waals surface area (Å²) >= 11 is 6.88. The van der Waals surface area contributed by atoms with Crippen molar-refractivity contribution in [2.75, 3.05) is 22.5 Å². The third kappa shape index (κ3) is 6.94. The molecule has 7 nitrogen and oxygen atoms in total. The van der Waals surface area contributed by atoms with Gasteiger partial charge in [-0.1, -0.05) is 48.0 Å². The molecule has 0 unspecified atom stereocenters. The number of ether oxygens (including phenoxy) is 1. The first kappa shape index (κ1) is 26.3. The molecule has 0 spiro atoms. The zero-order chi connectivity index (χ0) is 26.4. The molecule has 37 heavy (non-hydrogen) atoms. The topological polar surface area (TPSA) is 96.5 Å². The van der Waals surface area contributed by atoms with Gasteiger partial charge in [0.1, 0.15) is 5.00 Å². The second-order valence-electron chi connectivity index (χ2n) is 8.18. The van der Waals surface area contributed by atoms with E-state index >= 15 is 0 Å². The van der Waals surface area contributed by atoms with Gasteiger partial charge in [0.15, 0.2) is 5.11 Å². The Labute approximate surface area is 225 Å².